The van der Waals surface area contributed by atoms with Crippen LogP contribution in [0.15, 0.2) is 24.5 Å². The number of aromatic nitrogens is 1. The summed E-state index contributed by atoms with van der Waals surface area (Å²) in [5.74, 6) is -0.428. The van der Waals surface area contributed by atoms with Crippen molar-refractivity contribution in [3.63, 3.8) is 0 Å². The number of amides is 2. The number of hydrogen-bond donors (Lipinski definition) is 2. The van der Waals surface area contributed by atoms with E-state index in [-0.39, 0.29) is 37.2 Å². The second-order valence-corrected chi connectivity index (χ2v) is 4.86. The normalized spacial score (nSPS) is 17.8. The summed E-state index contributed by atoms with van der Waals surface area (Å²) in [6.07, 6.45) is 3.39. The molecule has 2 heterocycles. The number of pyridine rings is 1. The molecule has 1 saturated heterocycles. The first-order valence-electron chi connectivity index (χ1n) is 6.94. The Bertz CT molecular complexity index is 487. The van der Waals surface area contributed by atoms with E-state index >= 15 is 0 Å². The number of nitrogens with zero attached hydrogens (tertiary/aromatic N) is 2. The number of carbonyl (C=O) groups is 2. The molecule has 1 unspecified atom stereocenters. The first kappa shape index (κ1) is 18.3. The number of carbonyl (C=O) groups excluding carboxylic acids is 2. The molecule has 1 aromatic rings. The van der Waals surface area contributed by atoms with E-state index < -0.39 is 12.7 Å². The molecule has 22 heavy (non-hydrogen) atoms. The number of nitrogens with one attached hydrogen (secondary N) is 2. The van der Waals surface area contributed by atoms with Gasteiger partial charge in [-0.15, -0.1) is 12.4 Å². The predicted molar refractivity (Wildman–Crippen MR) is 82.3 cm³/mol. The van der Waals surface area contributed by atoms with E-state index in [0.29, 0.717) is 19.6 Å². The Morgan fingerprint density at radius 1 is 1.55 bits per heavy atom. The summed E-state index contributed by atoms with van der Waals surface area (Å²) in [5.41, 5.74) is 0.896. The van der Waals surface area contributed by atoms with E-state index in [2.05, 4.69) is 15.6 Å². The van der Waals surface area contributed by atoms with Gasteiger partial charge in [-0.1, -0.05) is 6.07 Å². The lowest BCUT2D eigenvalue weighted by molar-refractivity contribution is -0.138. The Hall–Kier alpha value is -1.73. The fourth-order valence-electron chi connectivity index (χ4n) is 2.24. The van der Waals surface area contributed by atoms with Crippen LogP contribution in [-0.2, 0) is 16.1 Å². The Balaban J connectivity index is 0.00000242. The molecule has 1 fully saturated rings. The zero-order valence-electron chi connectivity index (χ0n) is 12.1. The van der Waals surface area contributed by atoms with Crippen molar-refractivity contribution in [2.45, 2.75) is 19.0 Å². The molecule has 0 saturated carbocycles. The zero-order chi connectivity index (χ0) is 15.1. The minimum Gasteiger partial charge on any atom is -0.352 e. The molecule has 2 amide bonds. The molecule has 1 aliphatic heterocycles. The van der Waals surface area contributed by atoms with Crippen LogP contribution in [-0.4, -0.2) is 54.0 Å². The topological polar surface area (TPSA) is 74.3 Å². The average molecular weight is 331 g/mol. The molecule has 8 heteroatoms. The third-order valence-corrected chi connectivity index (χ3v) is 3.34. The van der Waals surface area contributed by atoms with Gasteiger partial charge < -0.3 is 15.5 Å². The largest absolute Gasteiger partial charge is 0.352 e. The molecule has 0 radical (unpaired) electrons. The fraction of sp³-hybridized carbons (Fsp3) is 0.500. The number of rotatable bonds is 6. The highest BCUT2D eigenvalue weighted by atomic mass is 35.5. The van der Waals surface area contributed by atoms with Crippen LogP contribution in [0.2, 0.25) is 0 Å². The van der Waals surface area contributed by atoms with Gasteiger partial charge in [0.25, 0.3) is 0 Å². The number of hydrogen-bond acceptors (Lipinski definition) is 4. The summed E-state index contributed by atoms with van der Waals surface area (Å²) in [6.45, 7) is 0.963. The zero-order valence-corrected chi connectivity index (χ0v) is 12.9. The molecular formula is C14H20ClFN4O2. The van der Waals surface area contributed by atoms with Crippen molar-refractivity contribution in [1.29, 1.82) is 0 Å². The quantitative estimate of drug-likeness (QED) is 0.785. The lowest BCUT2D eigenvalue weighted by Crippen LogP contribution is -2.56. The minimum absolute atomic E-state index is 0. The molecule has 0 aromatic carbocycles. The van der Waals surface area contributed by atoms with Gasteiger partial charge in [0.1, 0.15) is 6.67 Å². The van der Waals surface area contributed by atoms with Crippen LogP contribution < -0.4 is 10.6 Å². The molecule has 6 nitrogen and oxygen atoms in total. The number of alkyl halides is 1. The first-order valence-corrected chi connectivity index (χ1v) is 6.94. The maximum Gasteiger partial charge on any atom is 0.240 e. The van der Waals surface area contributed by atoms with Crippen LogP contribution in [0.3, 0.4) is 0 Å². The highest BCUT2D eigenvalue weighted by Gasteiger charge is 2.29. The van der Waals surface area contributed by atoms with Crippen LogP contribution in [0.4, 0.5) is 4.39 Å². The van der Waals surface area contributed by atoms with E-state index in [9.17, 15) is 14.0 Å². The van der Waals surface area contributed by atoms with Crippen molar-refractivity contribution in [2.75, 3.05) is 26.3 Å². The molecule has 122 valence electrons. The first-order chi connectivity index (χ1) is 10.2. The second-order valence-electron chi connectivity index (χ2n) is 4.86. The smallest absolute Gasteiger partial charge is 0.240 e. The minimum atomic E-state index is -0.570. The fourth-order valence-corrected chi connectivity index (χ4v) is 2.24. The van der Waals surface area contributed by atoms with E-state index in [1.54, 1.807) is 18.5 Å². The van der Waals surface area contributed by atoms with E-state index in [0.717, 1.165) is 5.56 Å². The lowest BCUT2D eigenvalue weighted by Gasteiger charge is -2.32. The van der Waals surface area contributed by atoms with E-state index in [1.807, 2.05) is 6.07 Å². The van der Waals surface area contributed by atoms with Gasteiger partial charge in [0, 0.05) is 38.6 Å². The van der Waals surface area contributed by atoms with Gasteiger partial charge in [0.2, 0.25) is 11.8 Å². The van der Waals surface area contributed by atoms with Crippen LogP contribution in [0.1, 0.15) is 12.0 Å². The van der Waals surface area contributed by atoms with Gasteiger partial charge in [0.05, 0.1) is 12.5 Å². The van der Waals surface area contributed by atoms with Crippen molar-refractivity contribution in [3.8, 4) is 0 Å². The van der Waals surface area contributed by atoms with E-state index in [4.69, 9.17) is 0 Å². The summed E-state index contributed by atoms with van der Waals surface area (Å²) < 4.78 is 12.3. The molecule has 1 aliphatic rings. The summed E-state index contributed by atoms with van der Waals surface area (Å²) in [5, 5.41) is 5.75. The number of halogens is 2. The van der Waals surface area contributed by atoms with Crippen molar-refractivity contribution in [2.24, 2.45) is 0 Å². The third-order valence-electron chi connectivity index (χ3n) is 3.34. The van der Waals surface area contributed by atoms with E-state index in [1.165, 1.54) is 4.90 Å². The standard InChI is InChI=1S/C14H19FN4O2.ClH/c15-3-6-19-7-5-17-12(14(19)21)8-13(20)18-10-11-2-1-4-16-9-11;/h1-2,4,9,12,17H,3,5-8,10H2,(H,18,20);1H. The molecule has 0 aliphatic carbocycles. The Morgan fingerprint density at radius 3 is 3.05 bits per heavy atom. The van der Waals surface area contributed by atoms with Crippen LogP contribution >= 0.6 is 12.4 Å². The van der Waals surface area contributed by atoms with Gasteiger partial charge in [0.15, 0.2) is 0 Å². The molecular weight excluding hydrogens is 311 g/mol. The van der Waals surface area contributed by atoms with Gasteiger partial charge in [-0.05, 0) is 11.6 Å². The summed E-state index contributed by atoms with van der Waals surface area (Å²) >= 11 is 0. The maximum absolute atomic E-state index is 12.3. The molecule has 2 N–H and O–H groups in total. The monoisotopic (exact) mass is 330 g/mol. The van der Waals surface area contributed by atoms with Gasteiger partial charge >= 0.3 is 0 Å². The summed E-state index contributed by atoms with van der Waals surface area (Å²) in [7, 11) is 0. The predicted octanol–water partition coefficient (Wildman–Crippen LogP) is 0.280. The van der Waals surface area contributed by atoms with Crippen molar-refractivity contribution < 1.29 is 14.0 Å². The average Bonchev–Trinajstić information content (AvgIpc) is 2.50. The van der Waals surface area contributed by atoms with Gasteiger partial charge in [-0.25, -0.2) is 4.39 Å². The van der Waals surface area contributed by atoms with Crippen molar-refractivity contribution >= 4 is 24.2 Å². The van der Waals surface area contributed by atoms with Gasteiger partial charge in [-0.2, -0.15) is 0 Å². The van der Waals surface area contributed by atoms with Crippen molar-refractivity contribution in [1.82, 2.24) is 20.5 Å². The van der Waals surface area contributed by atoms with Gasteiger partial charge in [-0.3, -0.25) is 14.6 Å². The molecule has 2 rings (SSSR count). The highest BCUT2D eigenvalue weighted by Crippen LogP contribution is 2.05. The summed E-state index contributed by atoms with van der Waals surface area (Å²) in [4.78, 5) is 29.3. The molecule has 1 aromatic heterocycles. The molecule has 0 spiro atoms. The van der Waals surface area contributed by atoms with Crippen molar-refractivity contribution in [3.05, 3.63) is 30.1 Å². The summed E-state index contributed by atoms with van der Waals surface area (Å²) in [6, 6.07) is 3.09. The molecule has 1 atom stereocenters. The maximum atomic E-state index is 12.3. The van der Waals surface area contributed by atoms with Crippen LogP contribution in [0, 0.1) is 0 Å². The Morgan fingerprint density at radius 2 is 2.36 bits per heavy atom. The number of piperazine rings is 1. The molecule has 0 bridgehead atoms. The Labute approximate surface area is 134 Å². The van der Waals surface area contributed by atoms with Crippen LogP contribution in [0.25, 0.3) is 0 Å². The van der Waals surface area contributed by atoms with Crippen LogP contribution in [0.5, 0.6) is 0 Å². The highest BCUT2D eigenvalue weighted by molar-refractivity contribution is 5.88. The third kappa shape index (κ3) is 5.23. The Kier molecular flexibility index (Phi) is 7.76. The second kappa shape index (κ2) is 9.32. The SMILES string of the molecule is Cl.O=C(CC1NCCN(CCF)C1=O)NCc1cccnc1. The lowest BCUT2D eigenvalue weighted by atomic mass is 10.1.